The Kier molecular flexibility index (Phi) is 5.62. The molecule has 27 heavy (non-hydrogen) atoms. The third-order valence-corrected chi connectivity index (χ3v) is 7.42. The van der Waals surface area contributed by atoms with Crippen LogP contribution in [0.2, 0.25) is 0 Å². The molecule has 0 spiro atoms. The van der Waals surface area contributed by atoms with E-state index in [2.05, 4.69) is 13.8 Å². The van der Waals surface area contributed by atoms with Crippen LogP contribution in [0.15, 0.2) is 21.6 Å². The Hall–Kier alpha value is -1.87. The van der Waals surface area contributed by atoms with Gasteiger partial charge in [-0.1, -0.05) is 13.8 Å². The molecule has 0 saturated carbocycles. The molecule has 2 aliphatic rings. The largest absolute Gasteiger partial charge is 0.475 e. The third kappa shape index (κ3) is 3.89. The molecule has 0 bridgehead atoms. The second-order valence-electron chi connectivity index (χ2n) is 7.60. The number of hydrogen-bond donors (Lipinski definition) is 1. The van der Waals surface area contributed by atoms with E-state index < -0.39 is 32.9 Å². The molecule has 9 heteroatoms. The van der Waals surface area contributed by atoms with Crippen molar-refractivity contribution < 1.29 is 27.5 Å². The number of aromatic carboxylic acids is 1. The average molecular weight is 398 g/mol. The predicted molar refractivity (Wildman–Crippen MR) is 96.7 cm³/mol. The molecule has 3 heterocycles. The molecule has 1 aromatic rings. The van der Waals surface area contributed by atoms with Crippen LogP contribution >= 0.6 is 0 Å². The molecule has 2 aliphatic heterocycles. The van der Waals surface area contributed by atoms with Crippen LogP contribution < -0.4 is 0 Å². The molecule has 1 atom stereocenters. The lowest BCUT2D eigenvalue weighted by atomic mass is 9.86. The van der Waals surface area contributed by atoms with Crippen LogP contribution in [0.5, 0.6) is 0 Å². The minimum Gasteiger partial charge on any atom is -0.475 e. The number of carboxylic acid groups (broad SMARTS) is 1. The summed E-state index contributed by atoms with van der Waals surface area (Å²) in [7, 11) is -4.05. The maximum absolute atomic E-state index is 13.0. The number of furan rings is 1. The lowest BCUT2D eigenvalue weighted by Crippen LogP contribution is -2.50. The fourth-order valence-corrected chi connectivity index (χ4v) is 5.53. The van der Waals surface area contributed by atoms with Gasteiger partial charge in [0.2, 0.25) is 16.8 Å². The molecule has 150 valence electrons. The molecule has 2 saturated heterocycles. The monoisotopic (exact) mass is 398 g/mol. The zero-order valence-electron chi connectivity index (χ0n) is 15.6. The Morgan fingerprint density at radius 2 is 1.81 bits per heavy atom. The van der Waals surface area contributed by atoms with Crippen LogP contribution in [-0.2, 0) is 14.8 Å². The Labute approximate surface area is 159 Å². The number of carboxylic acids is 1. The highest BCUT2D eigenvalue weighted by Crippen LogP contribution is 2.30. The summed E-state index contributed by atoms with van der Waals surface area (Å²) in [6, 6.07) is 1.50. The van der Waals surface area contributed by atoms with Gasteiger partial charge in [-0.25, -0.2) is 13.2 Å². The normalized spacial score (nSPS) is 22.5. The van der Waals surface area contributed by atoms with Gasteiger partial charge in [-0.15, -0.1) is 0 Å². The smallest absolute Gasteiger partial charge is 0.371 e. The lowest BCUT2D eigenvalue weighted by Gasteiger charge is -2.36. The molecule has 1 aromatic heterocycles. The van der Waals surface area contributed by atoms with Crippen LogP contribution in [0.3, 0.4) is 0 Å². The number of sulfonamides is 1. The summed E-state index contributed by atoms with van der Waals surface area (Å²) in [6.07, 6.45) is 2.92. The van der Waals surface area contributed by atoms with Crippen molar-refractivity contribution in [2.45, 2.75) is 50.7 Å². The topological polar surface area (TPSA) is 108 Å². The molecular formula is C18H26N2O6S. The van der Waals surface area contributed by atoms with Crippen LogP contribution in [0, 0.1) is 11.8 Å². The molecule has 1 amide bonds. The highest BCUT2D eigenvalue weighted by molar-refractivity contribution is 7.89. The van der Waals surface area contributed by atoms with Crippen LogP contribution in [0.25, 0.3) is 0 Å². The van der Waals surface area contributed by atoms with E-state index in [-0.39, 0.29) is 12.5 Å². The number of piperidine rings is 1. The van der Waals surface area contributed by atoms with Gasteiger partial charge in [-0.05, 0) is 49.7 Å². The molecule has 1 unspecified atom stereocenters. The number of hydrogen-bond acceptors (Lipinski definition) is 5. The minimum atomic E-state index is -4.05. The number of carbonyl (C=O) groups is 2. The summed E-state index contributed by atoms with van der Waals surface area (Å²) < 4.78 is 31.9. The molecular weight excluding hydrogens is 372 g/mol. The molecule has 3 rings (SSSR count). The number of amides is 1. The van der Waals surface area contributed by atoms with E-state index in [1.54, 1.807) is 4.90 Å². The van der Waals surface area contributed by atoms with Gasteiger partial charge in [0.1, 0.15) is 6.04 Å². The maximum Gasteiger partial charge on any atom is 0.371 e. The molecule has 0 aliphatic carbocycles. The Morgan fingerprint density at radius 3 is 2.37 bits per heavy atom. The summed E-state index contributed by atoms with van der Waals surface area (Å²) in [5.74, 6) is -0.767. The first-order valence-electron chi connectivity index (χ1n) is 9.35. The van der Waals surface area contributed by atoms with Crippen LogP contribution in [0.1, 0.15) is 50.1 Å². The number of carbonyl (C=O) groups excluding carboxylic acids is 1. The minimum absolute atomic E-state index is 0.164. The van der Waals surface area contributed by atoms with Gasteiger partial charge >= 0.3 is 5.97 Å². The summed E-state index contributed by atoms with van der Waals surface area (Å²) in [4.78, 5) is 25.7. The van der Waals surface area contributed by atoms with Crippen molar-refractivity contribution in [2.24, 2.45) is 11.8 Å². The predicted octanol–water partition coefficient (Wildman–Crippen LogP) is 2.03. The second kappa shape index (κ2) is 7.63. The molecule has 1 N–H and O–H groups in total. The van der Waals surface area contributed by atoms with Crippen molar-refractivity contribution in [3.8, 4) is 0 Å². The SMILES string of the molecule is CC(C)C1CCN(C(=O)C2CCCN2S(=O)(=O)c2ccc(C(=O)O)o2)CC1. The van der Waals surface area contributed by atoms with E-state index in [0.29, 0.717) is 37.8 Å². The molecule has 0 aromatic carbocycles. The van der Waals surface area contributed by atoms with Gasteiger partial charge in [0, 0.05) is 19.6 Å². The van der Waals surface area contributed by atoms with Gasteiger partial charge in [0.15, 0.2) is 0 Å². The Morgan fingerprint density at radius 1 is 1.15 bits per heavy atom. The fourth-order valence-electron chi connectivity index (χ4n) is 3.96. The van der Waals surface area contributed by atoms with E-state index >= 15 is 0 Å². The van der Waals surface area contributed by atoms with E-state index in [4.69, 9.17) is 9.52 Å². The highest BCUT2D eigenvalue weighted by atomic mass is 32.2. The molecule has 8 nitrogen and oxygen atoms in total. The zero-order valence-corrected chi connectivity index (χ0v) is 16.4. The summed E-state index contributed by atoms with van der Waals surface area (Å²) in [6.45, 7) is 5.89. The molecule has 0 radical (unpaired) electrons. The van der Waals surface area contributed by atoms with E-state index in [0.717, 1.165) is 29.3 Å². The van der Waals surface area contributed by atoms with Crippen molar-refractivity contribution in [3.05, 3.63) is 17.9 Å². The van der Waals surface area contributed by atoms with Crippen molar-refractivity contribution in [2.75, 3.05) is 19.6 Å². The summed E-state index contributed by atoms with van der Waals surface area (Å²) >= 11 is 0. The summed E-state index contributed by atoms with van der Waals surface area (Å²) in [5, 5.41) is 8.50. The maximum atomic E-state index is 13.0. The lowest BCUT2D eigenvalue weighted by molar-refractivity contribution is -0.136. The number of likely N-dealkylation sites (tertiary alicyclic amines) is 1. The fraction of sp³-hybridized carbons (Fsp3) is 0.667. The van der Waals surface area contributed by atoms with Crippen LogP contribution in [0.4, 0.5) is 0 Å². The van der Waals surface area contributed by atoms with Crippen molar-refractivity contribution in [3.63, 3.8) is 0 Å². The second-order valence-corrected chi connectivity index (χ2v) is 9.43. The van der Waals surface area contributed by atoms with Crippen molar-refractivity contribution >= 4 is 21.9 Å². The van der Waals surface area contributed by atoms with E-state index in [9.17, 15) is 18.0 Å². The standard InChI is InChI=1S/C18H26N2O6S/c1-12(2)13-7-10-19(11-8-13)17(21)14-4-3-9-20(14)27(24,25)16-6-5-15(26-16)18(22)23/h5-6,12-14H,3-4,7-11H2,1-2H3,(H,22,23). The van der Waals surface area contributed by atoms with E-state index in [1.807, 2.05) is 0 Å². The van der Waals surface area contributed by atoms with Gasteiger partial charge in [-0.2, -0.15) is 4.31 Å². The number of rotatable bonds is 5. The summed E-state index contributed by atoms with van der Waals surface area (Å²) in [5.41, 5.74) is 0. The van der Waals surface area contributed by atoms with Crippen molar-refractivity contribution in [1.82, 2.24) is 9.21 Å². The van der Waals surface area contributed by atoms with Gasteiger partial charge in [0.05, 0.1) is 0 Å². The average Bonchev–Trinajstić information content (AvgIpc) is 3.31. The first kappa shape index (κ1) is 19.9. The third-order valence-electron chi connectivity index (χ3n) is 5.64. The Bertz CT molecular complexity index is 808. The highest BCUT2D eigenvalue weighted by Gasteiger charge is 2.43. The molecule has 2 fully saturated rings. The van der Waals surface area contributed by atoms with Gasteiger partial charge in [0.25, 0.3) is 10.0 Å². The number of nitrogens with zero attached hydrogens (tertiary/aromatic N) is 2. The Balaban J connectivity index is 1.74. The van der Waals surface area contributed by atoms with E-state index in [1.165, 1.54) is 0 Å². The van der Waals surface area contributed by atoms with Gasteiger partial charge in [-0.3, -0.25) is 4.79 Å². The first-order chi connectivity index (χ1) is 12.7. The van der Waals surface area contributed by atoms with Gasteiger partial charge < -0.3 is 14.4 Å². The first-order valence-corrected chi connectivity index (χ1v) is 10.8. The van der Waals surface area contributed by atoms with Crippen LogP contribution in [-0.4, -0.2) is 60.3 Å². The van der Waals surface area contributed by atoms with Crippen molar-refractivity contribution in [1.29, 1.82) is 0 Å². The quantitative estimate of drug-likeness (QED) is 0.813. The zero-order chi connectivity index (χ0) is 19.8.